The van der Waals surface area contributed by atoms with E-state index in [-0.39, 0.29) is 17.4 Å². The molecule has 0 aromatic heterocycles. The number of ether oxygens (including phenoxy) is 3. The minimum Gasteiger partial charge on any atom is -0.454 e. The maximum atomic E-state index is 12.2. The van der Waals surface area contributed by atoms with E-state index in [9.17, 15) is 4.79 Å². The first-order chi connectivity index (χ1) is 12.1. The SMILES string of the molecule is CC(C)OCCC(=O)NCC1(c2ccc3c(c2)OCO3)CCCCC1. The van der Waals surface area contributed by atoms with Gasteiger partial charge in [0.2, 0.25) is 12.7 Å². The van der Waals surface area contributed by atoms with Crippen LogP contribution in [0.2, 0.25) is 0 Å². The van der Waals surface area contributed by atoms with E-state index in [0.717, 1.165) is 24.3 Å². The Morgan fingerprint density at radius 1 is 1.20 bits per heavy atom. The molecule has 138 valence electrons. The molecule has 1 aromatic rings. The van der Waals surface area contributed by atoms with Crippen molar-refractivity contribution in [2.75, 3.05) is 19.9 Å². The Bertz CT molecular complexity index is 593. The molecule has 1 saturated carbocycles. The Labute approximate surface area is 150 Å². The molecule has 3 rings (SSSR count). The maximum Gasteiger partial charge on any atom is 0.231 e. The highest BCUT2D eigenvalue weighted by atomic mass is 16.7. The topological polar surface area (TPSA) is 56.8 Å². The Morgan fingerprint density at radius 3 is 2.72 bits per heavy atom. The number of benzene rings is 1. The highest BCUT2D eigenvalue weighted by Crippen LogP contribution is 2.43. The van der Waals surface area contributed by atoms with E-state index >= 15 is 0 Å². The van der Waals surface area contributed by atoms with Gasteiger partial charge in [0.25, 0.3) is 0 Å². The lowest BCUT2D eigenvalue weighted by molar-refractivity contribution is -0.122. The lowest BCUT2D eigenvalue weighted by Gasteiger charge is -2.38. The monoisotopic (exact) mass is 347 g/mol. The van der Waals surface area contributed by atoms with Crippen LogP contribution < -0.4 is 14.8 Å². The van der Waals surface area contributed by atoms with Crippen LogP contribution >= 0.6 is 0 Å². The van der Waals surface area contributed by atoms with E-state index in [4.69, 9.17) is 14.2 Å². The van der Waals surface area contributed by atoms with Gasteiger partial charge < -0.3 is 19.5 Å². The second-order valence-corrected chi connectivity index (χ2v) is 7.36. The van der Waals surface area contributed by atoms with E-state index in [2.05, 4.69) is 17.4 Å². The molecule has 5 nitrogen and oxygen atoms in total. The summed E-state index contributed by atoms with van der Waals surface area (Å²) in [6.07, 6.45) is 6.41. The molecule has 1 aromatic carbocycles. The lowest BCUT2D eigenvalue weighted by Crippen LogP contribution is -2.42. The number of rotatable bonds is 7. The van der Waals surface area contributed by atoms with Gasteiger partial charge in [0.1, 0.15) is 0 Å². The molecule has 5 heteroatoms. The summed E-state index contributed by atoms with van der Waals surface area (Å²) in [5.41, 5.74) is 1.24. The zero-order valence-electron chi connectivity index (χ0n) is 15.3. The van der Waals surface area contributed by atoms with Crippen molar-refractivity contribution in [1.29, 1.82) is 0 Å². The van der Waals surface area contributed by atoms with Crippen molar-refractivity contribution in [1.82, 2.24) is 5.32 Å². The zero-order chi connectivity index (χ0) is 17.7. The van der Waals surface area contributed by atoms with Crippen molar-refractivity contribution in [3.63, 3.8) is 0 Å². The van der Waals surface area contributed by atoms with E-state index < -0.39 is 0 Å². The second-order valence-electron chi connectivity index (χ2n) is 7.36. The van der Waals surface area contributed by atoms with Crippen LogP contribution in [0.3, 0.4) is 0 Å². The van der Waals surface area contributed by atoms with Crippen molar-refractivity contribution >= 4 is 5.91 Å². The predicted molar refractivity (Wildman–Crippen MR) is 96.0 cm³/mol. The van der Waals surface area contributed by atoms with Gasteiger partial charge in [-0.1, -0.05) is 25.3 Å². The summed E-state index contributed by atoms with van der Waals surface area (Å²) < 4.78 is 16.5. The van der Waals surface area contributed by atoms with Crippen molar-refractivity contribution < 1.29 is 19.0 Å². The van der Waals surface area contributed by atoms with Gasteiger partial charge in [0.05, 0.1) is 12.7 Å². The van der Waals surface area contributed by atoms with Crippen LogP contribution in [0.1, 0.15) is 57.9 Å². The fourth-order valence-corrected chi connectivity index (χ4v) is 3.77. The van der Waals surface area contributed by atoms with Crippen LogP contribution in [0.15, 0.2) is 18.2 Å². The summed E-state index contributed by atoms with van der Waals surface area (Å²) in [5.74, 6) is 1.69. The number of hydrogen-bond donors (Lipinski definition) is 1. The number of fused-ring (bicyclic) bond motifs is 1. The van der Waals surface area contributed by atoms with Gasteiger partial charge >= 0.3 is 0 Å². The Kier molecular flexibility index (Phi) is 5.84. The lowest BCUT2D eigenvalue weighted by atomic mass is 9.69. The molecular weight excluding hydrogens is 318 g/mol. The highest BCUT2D eigenvalue weighted by Gasteiger charge is 2.35. The molecule has 0 atom stereocenters. The average molecular weight is 347 g/mol. The van der Waals surface area contributed by atoms with Crippen LogP contribution in [-0.2, 0) is 14.9 Å². The molecule has 0 bridgehead atoms. The standard InChI is InChI=1S/C20H29NO4/c1-15(2)23-11-8-19(22)21-13-20(9-4-3-5-10-20)16-6-7-17-18(12-16)25-14-24-17/h6-7,12,15H,3-5,8-11,13-14H2,1-2H3,(H,21,22). The Balaban J connectivity index is 1.66. The quantitative estimate of drug-likeness (QED) is 0.819. The molecule has 1 N–H and O–H groups in total. The molecule has 1 fully saturated rings. The average Bonchev–Trinajstić information content (AvgIpc) is 3.08. The molecule has 1 heterocycles. The van der Waals surface area contributed by atoms with Gasteiger partial charge in [-0.25, -0.2) is 0 Å². The molecule has 0 radical (unpaired) electrons. The van der Waals surface area contributed by atoms with Crippen molar-refractivity contribution in [2.45, 2.75) is 63.9 Å². The molecule has 25 heavy (non-hydrogen) atoms. The summed E-state index contributed by atoms with van der Waals surface area (Å²) >= 11 is 0. The van der Waals surface area contributed by atoms with Crippen LogP contribution in [-0.4, -0.2) is 32.0 Å². The summed E-state index contributed by atoms with van der Waals surface area (Å²) in [6, 6.07) is 6.22. The van der Waals surface area contributed by atoms with Crippen molar-refractivity contribution in [3.8, 4) is 11.5 Å². The normalized spacial score (nSPS) is 18.4. The van der Waals surface area contributed by atoms with Gasteiger partial charge in [-0.15, -0.1) is 0 Å². The van der Waals surface area contributed by atoms with Gasteiger partial charge in [0, 0.05) is 18.4 Å². The fourth-order valence-electron chi connectivity index (χ4n) is 3.77. The van der Waals surface area contributed by atoms with Gasteiger partial charge in [-0.05, 0) is 44.4 Å². The number of nitrogens with one attached hydrogen (secondary N) is 1. The van der Waals surface area contributed by atoms with E-state index in [0.29, 0.717) is 26.4 Å². The second kappa shape index (κ2) is 8.09. The first-order valence-corrected chi connectivity index (χ1v) is 9.37. The third-order valence-corrected chi connectivity index (χ3v) is 5.20. The van der Waals surface area contributed by atoms with E-state index in [1.54, 1.807) is 0 Å². The number of carbonyl (C=O) groups is 1. The minimum atomic E-state index is -0.00616. The van der Waals surface area contributed by atoms with Crippen LogP contribution in [0, 0.1) is 0 Å². The van der Waals surface area contributed by atoms with Gasteiger partial charge in [-0.3, -0.25) is 4.79 Å². The Morgan fingerprint density at radius 2 is 1.96 bits per heavy atom. The van der Waals surface area contributed by atoms with Crippen molar-refractivity contribution in [3.05, 3.63) is 23.8 Å². The van der Waals surface area contributed by atoms with Crippen molar-refractivity contribution in [2.24, 2.45) is 0 Å². The molecule has 2 aliphatic rings. The molecule has 0 unspecified atom stereocenters. The predicted octanol–water partition coefficient (Wildman–Crippen LogP) is 3.55. The number of hydrogen-bond acceptors (Lipinski definition) is 4. The smallest absolute Gasteiger partial charge is 0.231 e. The van der Waals surface area contributed by atoms with Crippen LogP contribution in [0.5, 0.6) is 11.5 Å². The fraction of sp³-hybridized carbons (Fsp3) is 0.650. The number of amides is 1. The highest BCUT2D eigenvalue weighted by molar-refractivity contribution is 5.76. The summed E-state index contributed by atoms with van der Waals surface area (Å²) in [7, 11) is 0. The molecule has 1 aliphatic heterocycles. The molecule has 0 saturated heterocycles. The number of carbonyl (C=O) groups excluding carboxylic acids is 1. The van der Waals surface area contributed by atoms with E-state index in [1.165, 1.54) is 24.8 Å². The molecule has 0 spiro atoms. The molecular formula is C20H29NO4. The molecule has 1 aliphatic carbocycles. The van der Waals surface area contributed by atoms with Gasteiger partial charge in [0.15, 0.2) is 11.5 Å². The van der Waals surface area contributed by atoms with E-state index in [1.807, 2.05) is 19.9 Å². The minimum absolute atomic E-state index is 0.00616. The summed E-state index contributed by atoms with van der Waals surface area (Å²) in [4.78, 5) is 12.2. The third-order valence-electron chi connectivity index (χ3n) is 5.20. The summed E-state index contributed by atoms with van der Waals surface area (Å²) in [6.45, 7) is 5.40. The van der Waals surface area contributed by atoms with Crippen LogP contribution in [0.25, 0.3) is 0 Å². The zero-order valence-corrected chi connectivity index (χ0v) is 15.3. The largest absolute Gasteiger partial charge is 0.454 e. The first-order valence-electron chi connectivity index (χ1n) is 9.37. The Hall–Kier alpha value is -1.75. The van der Waals surface area contributed by atoms with Gasteiger partial charge in [-0.2, -0.15) is 0 Å². The van der Waals surface area contributed by atoms with Crippen LogP contribution in [0.4, 0.5) is 0 Å². The maximum absolute atomic E-state index is 12.2. The summed E-state index contributed by atoms with van der Waals surface area (Å²) in [5, 5.41) is 3.14. The molecule has 1 amide bonds. The third kappa shape index (κ3) is 4.46. The first kappa shape index (κ1) is 18.1.